The molecule has 150 valence electrons. The maximum absolute atomic E-state index is 12.5. The van der Waals surface area contributed by atoms with Crippen LogP contribution in [0.5, 0.6) is 0 Å². The fourth-order valence-corrected chi connectivity index (χ4v) is 3.23. The molecule has 0 saturated carbocycles. The zero-order chi connectivity index (χ0) is 20.9. The van der Waals surface area contributed by atoms with Crippen LogP contribution in [0.25, 0.3) is 0 Å². The topological polar surface area (TPSA) is 105 Å². The highest BCUT2D eigenvalue weighted by Gasteiger charge is 2.19. The van der Waals surface area contributed by atoms with Crippen LogP contribution in [0.1, 0.15) is 26.5 Å². The van der Waals surface area contributed by atoms with Gasteiger partial charge in [-0.25, -0.2) is 8.42 Å². The number of hydrogen-bond donors (Lipinski definition) is 2. The molecule has 0 unspecified atom stereocenters. The number of furan rings is 1. The molecule has 1 aromatic heterocycles. The van der Waals surface area contributed by atoms with Gasteiger partial charge in [0.2, 0.25) is 14.9 Å². The molecule has 1 heterocycles. The minimum atomic E-state index is -3.55. The fraction of sp³-hybridized carbons (Fsp3) is 0.143. The number of hydrogen-bond acceptors (Lipinski definition) is 5. The number of anilines is 1. The minimum Gasteiger partial charge on any atom is -0.440 e. The largest absolute Gasteiger partial charge is 0.440 e. The third-order valence-corrected chi connectivity index (χ3v) is 5.08. The number of para-hydroxylation sites is 1. The normalized spacial score (nSPS) is 11.1. The number of sulfone groups is 1. The van der Waals surface area contributed by atoms with Crippen LogP contribution in [0.2, 0.25) is 0 Å². The molecule has 0 aliphatic carbocycles. The lowest BCUT2D eigenvalue weighted by atomic mass is 10.1. The van der Waals surface area contributed by atoms with Crippen molar-refractivity contribution < 1.29 is 22.4 Å². The SMILES string of the molecule is CS(=O)(=O)c1ccc(C(=O)Nc2ccccc2C(=O)NCCc2ccccc2)o1. The van der Waals surface area contributed by atoms with Crippen LogP contribution in [0.4, 0.5) is 5.69 Å². The van der Waals surface area contributed by atoms with Gasteiger partial charge in [-0.05, 0) is 36.2 Å². The fourth-order valence-electron chi connectivity index (χ4n) is 2.68. The molecule has 0 bridgehead atoms. The summed E-state index contributed by atoms with van der Waals surface area (Å²) in [6.07, 6.45) is 1.67. The van der Waals surface area contributed by atoms with Crippen LogP contribution in [0.3, 0.4) is 0 Å². The van der Waals surface area contributed by atoms with Crippen LogP contribution >= 0.6 is 0 Å². The van der Waals surface area contributed by atoms with Crippen molar-refractivity contribution in [1.29, 1.82) is 0 Å². The molecule has 7 nitrogen and oxygen atoms in total. The van der Waals surface area contributed by atoms with Crippen molar-refractivity contribution in [3.05, 3.63) is 83.6 Å². The van der Waals surface area contributed by atoms with Crippen LogP contribution in [0.15, 0.2) is 76.2 Å². The number of rotatable bonds is 7. The number of carbonyl (C=O) groups is 2. The first-order valence-electron chi connectivity index (χ1n) is 8.87. The first kappa shape index (κ1) is 20.3. The summed E-state index contributed by atoms with van der Waals surface area (Å²) >= 11 is 0. The average Bonchev–Trinajstić information content (AvgIpc) is 3.20. The highest BCUT2D eigenvalue weighted by Crippen LogP contribution is 2.19. The highest BCUT2D eigenvalue weighted by atomic mass is 32.2. The van der Waals surface area contributed by atoms with Gasteiger partial charge in [-0.15, -0.1) is 0 Å². The van der Waals surface area contributed by atoms with E-state index in [1.807, 2.05) is 30.3 Å². The lowest BCUT2D eigenvalue weighted by molar-refractivity contribution is 0.0955. The summed E-state index contributed by atoms with van der Waals surface area (Å²) in [4.78, 5) is 24.9. The van der Waals surface area contributed by atoms with Gasteiger partial charge in [-0.2, -0.15) is 0 Å². The molecule has 0 aliphatic heterocycles. The molecule has 0 atom stereocenters. The molecule has 0 fully saturated rings. The highest BCUT2D eigenvalue weighted by molar-refractivity contribution is 7.90. The summed E-state index contributed by atoms with van der Waals surface area (Å²) in [6.45, 7) is 0.445. The zero-order valence-corrected chi connectivity index (χ0v) is 16.5. The Morgan fingerprint density at radius 3 is 2.28 bits per heavy atom. The maximum Gasteiger partial charge on any atom is 0.291 e. The van der Waals surface area contributed by atoms with Gasteiger partial charge in [0, 0.05) is 12.8 Å². The quantitative estimate of drug-likeness (QED) is 0.621. The Labute approximate surface area is 168 Å². The molecule has 0 spiro atoms. The van der Waals surface area contributed by atoms with Gasteiger partial charge >= 0.3 is 0 Å². The van der Waals surface area contributed by atoms with E-state index < -0.39 is 15.7 Å². The number of benzene rings is 2. The van der Waals surface area contributed by atoms with Crippen LogP contribution in [-0.4, -0.2) is 33.0 Å². The molecule has 0 aliphatic rings. The van der Waals surface area contributed by atoms with Gasteiger partial charge in [-0.3, -0.25) is 9.59 Å². The van der Waals surface area contributed by atoms with Gasteiger partial charge in [-0.1, -0.05) is 42.5 Å². The smallest absolute Gasteiger partial charge is 0.291 e. The van der Waals surface area contributed by atoms with E-state index in [0.29, 0.717) is 24.2 Å². The number of amides is 2. The Morgan fingerprint density at radius 2 is 1.59 bits per heavy atom. The van der Waals surface area contributed by atoms with Gasteiger partial charge < -0.3 is 15.1 Å². The van der Waals surface area contributed by atoms with E-state index in [-0.39, 0.29) is 16.8 Å². The third kappa shape index (κ3) is 5.32. The van der Waals surface area contributed by atoms with Gasteiger partial charge in [0.1, 0.15) is 0 Å². The Hall–Kier alpha value is -3.39. The van der Waals surface area contributed by atoms with E-state index in [1.165, 1.54) is 12.1 Å². The summed E-state index contributed by atoms with van der Waals surface area (Å²) in [5.74, 6) is -1.14. The number of carbonyl (C=O) groups excluding carboxylic acids is 2. The van der Waals surface area contributed by atoms with E-state index >= 15 is 0 Å². The first-order chi connectivity index (χ1) is 13.8. The molecule has 3 aromatic rings. The van der Waals surface area contributed by atoms with Gasteiger partial charge in [0.25, 0.3) is 11.8 Å². The molecule has 0 radical (unpaired) electrons. The summed E-state index contributed by atoms with van der Waals surface area (Å²) in [6, 6.07) is 18.8. The van der Waals surface area contributed by atoms with Crippen LogP contribution in [0, 0.1) is 0 Å². The second-order valence-electron chi connectivity index (χ2n) is 6.38. The Balaban J connectivity index is 1.67. The molecular formula is C21H20N2O5S. The van der Waals surface area contributed by atoms with Crippen LogP contribution in [-0.2, 0) is 16.3 Å². The van der Waals surface area contributed by atoms with Crippen molar-refractivity contribution in [2.75, 3.05) is 18.1 Å². The first-order valence-corrected chi connectivity index (χ1v) is 10.8. The van der Waals surface area contributed by atoms with Crippen molar-refractivity contribution in [2.45, 2.75) is 11.5 Å². The molecule has 2 aromatic carbocycles. The van der Waals surface area contributed by atoms with Crippen molar-refractivity contribution in [3.63, 3.8) is 0 Å². The molecule has 2 amide bonds. The van der Waals surface area contributed by atoms with Crippen LogP contribution < -0.4 is 10.6 Å². The average molecular weight is 412 g/mol. The van der Waals surface area contributed by atoms with E-state index in [4.69, 9.17) is 4.42 Å². The number of nitrogens with one attached hydrogen (secondary N) is 2. The van der Waals surface area contributed by atoms with E-state index in [2.05, 4.69) is 10.6 Å². The lowest BCUT2D eigenvalue weighted by Crippen LogP contribution is -2.27. The summed E-state index contributed by atoms with van der Waals surface area (Å²) in [5.41, 5.74) is 1.70. The zero-order valence-electron chi connectivity index (χ0n) is 15.7. The molecule has 8 heteroatoms. The van der Waals surface area contributed by atoms with E-state index in [0.717, 1.165) is 11.8 Å². The summed E-state index contributed by atoms with van der Waals surface area (Å²) in [7, 11) is -3.55. The molecule has 3 rings (SSSR count). The van der Waals surface area contributed by atoms with Crippen molar-refractivity contribution in [1.82, 2.24) is 5.32 Å². The predicted molar refractivity (Wildman–Crippen MR) is 109 cm³/mol. The van der Waals surface area contributed by atoms with E-state index in [1.54, 1.807) is 24.3 Å². The third-order valence-electron chi connectivity index (χ3n) is 4.13. The molecular weight excluding hydrogens is 392 g/mol. The van der Waals surface area contributed by atoms with Crippen molar-refractivity contribution in [3.8, 4) is 0 Å². The molecule has 0 saturated heterocycles. The second kappa shape index (κ2) is 8.74. The van der Waals surface area contributed by atoms with E-state index in [9.17, 15) is 18.0 Å². The predicted octanol–water partition coefficient (Wildman–Crippen LogP) is 2.91. The molecule has 2 N–H and O–H groups in total. The lowest BCUT2D eigenvalue weighted by Gasteiger charge is -2.11. The van der Waals surface area contributed by atoms with Crippen molar-refractivity contribution in [2.24, 2.45) is 0 Å². The standard InChI is InChI=1S/C21H20N2O5S/c1-29(26,27)19-12-11-18(28-19)21(25)23-17-10-6-5-9-16(17)20(24)22-14-13-15-7-3-2-4-8-15/h2-12H,13-14H2,1H3,(H,22,24)(H,23,25). The monoisotopic (exact) mass is 412 g/mol. The molecule has 29 heavy (non-hydrogen) atoms. The summed E-state index contributed by atoms with van der Waals surface area (Å²) < 4.78 is 28.1. The maximum atomic E-state index is 12.5. The minimum absolute atomic E-state index is 0.162. The summed E-state index contributed by atoms with van der Waals surface area (Å²) in [5, 5.41) is 5.13. The Bertz CT molecular complexity index is 1120. The van der Waals surface area contributed by atoms with Gasteiger partial charge in [0.05, 0.1) is 11.3 Å². The van der Waals surface area contributed by atoms with Crippen molar-refractivity contribution >= 4 is 27.3 Å². The Kier molecular flexibility index (Phi) is 6.13. The second-order valence-corrected chi connectivity index (χ2v) is 8.33. The Morgan fingerprint density at radius 1 is 0.897 bits per heavy atom. The van der Waals surface area contributed by atoms with Gasteiger partial charge in [0.15, 0.2) is 5.76 Å².